The predicted molar refractivity (Wildman–Crippen MR) is 61.9 cm³/mol. The first kappa shape index (κ1) is 10.4. The van der Waals surface area contributed by atoms with Crippen molar-refractivity contribution in [3.05, 3.63) is 35.9 Å². The van der Waals surface area contributed by atoms with E-state index in [4.69, 9.17) is 0 Å². The van der Waals surface area contributed by atoms with E-state index in [1.807, 2.05) is 18.2 Å². The van der Waals surface area contributed by atoms with Gasteiger partial charge < -0.3 is 0 Å². The fourth-order valence-electron chi connectivity index (χ4n) is 2.83. The third kappa shape index (κ3) is 1.71. The minimum Gasteiger partial charge on any atom is -0.299 e. The number of ketones is 1. The van der Waals surface area contributed by atoms with Crippen molar-refractivity contribution < 1.29 is 4.79 Å². The first-order valence-corrected chi connectivity index (χ1v) is 5.88. The van der Waals surface area contributed by atoms with E-state index in [0.717, 1.165) is 32.1 Å². The second kappa shape index (κ2) is 4.18. The maximum Gasteiger partial charge on any atom is 0.143 e. The minimum absolute atomic E-state index is 0.143. The predicted octanol–water partition coefficient (Wildman–Crippen LogP) is 3.48. The summed E-state index contributed by atoms with van der Waals surface area (Å²) in [6, 6.07) is 10.3. The van der Waals surface area contributed by atoms with E-state index in [-0.39, 0.29) is 5.41 Å². The van der Waals surface area contributed by atoms with E-state index in [2.05, 4.69) is 19.1 Å². The van der Waals surface area contributed by atoms with E-state index < -0.39 is 0 Å². The summed E-state index contributed by atoms with van der Waals surface area (Å²) in [6.07, 6.45) is 4.97. The Bertz CT molecular complexity index is 342. The molecule has 1 unspecified atom stereocenters. The highest BCUT2D eigenvalue weighted by molar-refractivity contribution is 5.92. The number of carbonyl (C=O) groups excluding carboxylic acids is 1. The van der Waals surface area contributed by atoms with E-state index in [0.29, 0.717) is 5.78 Å². The van der Waals surface area contributed by atoms with Gasteiger partial charge in [0.15, 0.2) is 0 Å². The summed E-state index contributed by atoms with van der Waals surface area (Å²) >= 11 is 0. The van der Waals surface area contributed by atoms with Gasteiger partial charge in [-0.1, -0.05) is 43.7 Å². The van der Waals surface area contributed by atoms with Crippen LogP contribution in [-0.4, -0.2) is 5.78 Å². The molecular weight excluding hydrogens is 184 g/mol. The Morgan fingerprint density at radius 2 is 2.00 bits per heavy atom. The second-order valence-corrected chi connectivity index (χ2v) is 4.47. The summed E-state index contributed by atoms with van der Waals surface area (Å²) in [6.45, 7) is 2.16. The van der Waals surface area contributed by atoms with Gasteiger partial charge in [-0.3, -0.25) is 4.79 Å². The van der Waals surface area contributed by atoms with Crippen LogP contribution in [0.1, 0.15) is 44.6 Å². The zero-order chi connectivity index (χ0) is 10.7. The fourth-order valence-corrected chi connectivity index (χ4v) is 2.83. The number of Topliss-reactive ketones (excluding diaryl/α,β-unsaturated/α-hetero) is 1. The molecule has 0 aliphatic heterocycles. The molecule has 1 aliphatic rings. The van der Waals surface area contributed by atoms with Gasteiger partial charge in [-0.05, 0) is 24.8 Å². The zero-order valence-corrected chi connectivity index (χ0v) is 9.33. The number of benzene rings is 1. The third-order valence-electron chi connectivity index (χ3n) is 3.54. The molecule has 0 heterocycles. The summed E-state index contributed by atoms with van der Waals surface area (Å²) in [5.41, 5.74) is 1.09. The monoisotopic (exact) mass is 202 g/mol. The highest BCUT2D eigenvalue weighted by atomic mass is 16.1. The molecule has 0 amide bonds. The van der Waals surface area contributed by atoms with Crippen molar-refractivity contribution in [1.29, 1.82) is 0 Å². The van der Waals surface area contributed by atoms with Crippen LogP contribution in [0.4, 0.5) is 0 Å². The van der Waals surface area contributed by atoms with Gasteiger partial charge in [-0.25, -0.2) is 0 Å². The van der Waals surface area contributed by atoms with Crippen LogP contribution in [-0.2, 0) is 10.2 Å². The van der Waals surface area contributed by atoms with Gasteiger partial charge in [0.05, 0.1) is 5.41 Å². The van der Waals surface area contributed by atoms with Gasteiger partial charge in [0, 0.05) is 6.42 Å². The molecule has 0 saturated heterocycles. The largest absolute Gasteiger partial charge is 0.299 e. The number of rotatable bonds is 3. The first-order chi connectivity index (χ1) is 7.29. The lowest BCUT2D eigenvalue weighted by atomic mass is 9.75. The summed E-state index contributed by atoms with van der Waals surface area (Å²) in [5, 5.41) is 0. The minimum atomic E-state index is -0.143. The van der Waals surface area contributed by atoms with Gasteiger partial charge >= 0.3 is 0 Å². The van der Waals surface area contributed by atoms with Crippen LogP contribution in [0, 0.1) is 0 Å². The average Bonchev–Trinajstić information content (AvgIpc) is 2.63. The molecule has 1 aromatic rings. The molecule has 1 nitrogen and oxygen atoms in total. The van der Waals surface area contributed by atoms with Crippen molar-refractivity contribution >= 4 is 5.78 Å². The molecule has 2 rings (SSSR count). The third-order valence-corrected chi connectivity index (χ3v) is 3.54. The van der Waals surface area contributed by atoms with E-state index in [1.54, 1.807) is 0 Å². The van der Waals surface area contributed by atoms with Gasteiger partial charge in [-0.2, -0.15) is 0 Å². The summed E-state index contributed by atoms with van der Waals surface area (Å²) in [5.74, 6) is 0.454. The molecular formula is C14H18O. The molecule has 1 atom stereocenters. The Kier molecular flexibility index (Phi) is 2.90. The highest BCUT2D eigenvalue weighted by Crippen LogP contribution is 2.41. The van der Waals surface area contributed by atoms with Crippen LogP contribution in [0.15, 0.2) is 30.3 Å². The molecule has 1 heteroatoms. The summed E-state index contributed by atoms with van der Waals surface area (Å²) < 4.78 is 0. The molecule has 1 fully saturated rings. The normalized spacial score (nSPS) is 25.8. The Morgan fingerprint density at radius 1 is 1.27 bits per heavy atom. The van der Waals surface area contributed by atoms with Crippen LogP contribution in [0.2, 0.25) is 0 Å². The molecule has 15 heavy (non-hydrogen) atoms. The molecule has 1 saturated carbocycles. The van der Waals surface area contributed by atoms with E-state index in [1.165, 1.54) is 5.56 Å². The van der Waals surface area contributed by atoms with Crippen LogP contribution < -0.4 is 0 Å². The molecule has 1 aliphatic carbocycles. The van der Waals surface area contributed by atoms with Crippen molar-refractivity contribution in [2.45, 2.75) is 44.4 Å². The van der Waals surface area contributed by atoms with Gasteiger partial charge in [0.2, 0.25) is 0 Å². The van der Waals surface area contributed by atoms with Crippen LogP contribution in [0.25, 0.3) is 0 Å². The molecule has 1 aromatic carbocycles. The first-order valence-electron chi connectivity index (χ1n) is 5.88. The molecule has 0 bridgehead atoms. The molecule has 0 radical (unpaired) electrons. The summed E-state index contributed by atoms with van der Waals surface area (Å²) in [4.78, 5) is 12.1. The van der Waals surface area contributed by atoms with Crippen molar-refractivity contribution in [3.8, 4) is 0 Å². The van der Waals surface area contributed by atoms with Crippen molar-refractivity contribution in [2.24, 2.45) is 0 Å². The zero-order valence-electron chi connectivity index (χ0n) is 9.33. The number of carbonyl (C=O) groups is 1. The quantitative estimate of drug-likeness (QED) is 0.733. The molecule has 0 N–H and O–H groups in total. The van der Waals surface area contributed by atoms with Crippen LogP contribution in [0.3, 0.4) is 0 Å². The number of hydrogen-bond donors (Lipinski definition) is 0. The maximum absolute atomic E-state index is 12.1. The summed E-state index contributed by atoms with van der Waals surface area (Å²) in [7, 11) is 0. The second-order valence-electron chi connectivity index (χ2n) is 4.47. The lowest BCUT2D eigenvalue weighted by molar-refractivity contribution is -0.122. The van der Waals surface area contributed by atoms with E-state index >= 15 is 0 Å². The van der Waals surface area contributed by atoms with Gasteiger partial charge in [0.25, 0.3) is 0 Å². The lowest BCUT2D eigenvalue weighted by Crippen LogP contribution is -2.30. The van der Waals surface area contributed by atoms with Crippen LogP contribution >= 0.6 is 0 Å². The van der Waals surface area contributed by atoms with E-state index in [9.17, 15) is 4.79 Å². The van der Waals surface area contributed by atoms with Crippen molar-refractivity contribution in [1.82, 2.24) is 0 Å². The van der Waals surface area contributed by atoms with Crippen molar-refractivity contribution in [3.63, 3.8) is 0 Å². The Morgan fingerprint density at radius 3 is 2.53 bits per heavy atom. The Labute approximate surface area is 91.5 Å². The lowest BCUT2D eigenvalue weighted by Gasteiger charge is -2.27. The van der Waals surface area contributed by atoms with Gasteiger partial charge in [-0.15, -0.1) is 0 Å². The SMILES string of the molecule is CCCC1(c2ccccc2)CCCC1=O. The average molecular weight is 202 g/mol. The molecule has 0 aromatic heterocycles. The van der Waals surface area contributed by atoms with Crippen molar-refractivity contribution in [2.75, 3.05) is 0 Å². The Balaban J connectivity index is 2.39. The van der Waals surface area contributed by atoms with Crippen LogP contribution in [0.5, 0.6) is 0 Å². The molecule has 80 valence electrons. The smallest absolute Gasteiger partial charge is 0.143 e. The topological polar surface area (TPSA) is 17.1 Å². The highest BCUT2D eigenvalue weighted by Gasteiger charge is 2.42. The van der Waals surface area contributed by atoms with Gasteiger partial charge in [0.1, 0.15) is 5.78 Å². The molecule has 0 spiro atoms. The fraction of sp³-hybridized carbons (Fsp3) is 0.500. The standard InChI is InChI=1S/C14H18O/c1-2-10-14(11-6-9-13(14)15)12-7-4-3-5-8-12/h3-5,7-8H,2,6,9-11H2,1H3. The maximum atomic E-state index is 12.1. The number of hydrogen-bond acceptors (Lipinski definition) is 1. The Hall–Kier alpha value is -1.11.